The van der Waals surface area contributed by atoms with Gasteiger partial charge in [0, 0.05) is 97.3 Å². The minimum atomic E-state index is -5.87. The van der Waals surface area contributed by atoms with E-state index in [1.54, 1.807) is 11.9 Å². The summed E-state index contributed by atoms with van der Waals surface area (Å²) in [6.45, 7) is 3.37. The number of aliphatic hydroxyl groups is 1. The molecule has 6 atom stereocenters. The number of phosphoric acid groups is 3. The Morgan fingerprint density at radius 2 is 1.73 bits per heavy atom. The van der Waals surface area contributed by atoms with Gasteiger partial charge in [-0.3, -0.25) is 28.5 Å². The molecule has 0 aliphatic carbocycles. The first-order chi connectivity index (χ1) is 37.2. The molecule has 24 nitrogen and oxygen atoms in total. The highest BCUT2D eigenvalue weighted by molar-refractivity contribution is 7.66. The molecule has 0 bridgehead atoms. The van der Waals surface area contributed by atoms with Crippen LogP contribution in [0.1, 0.15) is 100 Å². The Bertz CT molecular complexity index is 3730. The van der Waals surface area contributed by atoms with Gasteiger partial charge in [-0.05, 0) is 74.3 Å². The quantitative estimate of drug-likeness (QED) is 0.0440. The number of aryl methyl sites for hydroxylation is 2. The van der Waals surface area contributed by atoms with Crippen LogP contribution in [0.15, 0.2) is 47.4 Å². The van der Waals surface area contributed by atoms with Crippen LogP contribution >= 0.6 is 23.5 Å². The summed E-state index contributed by atoms with van der Waals surface area (Å²) in [5.74, 6) is 6.75. The van der Waals surface area contributed by atoms with Crippen molar-refractivity contribution in [2.75, 3.05) is 63.6 Å². The average molecular weight is 1130 g/mol. The van der Waals surface area contributed by atoms with Crippen LogP contribution < -0.4 is 46.3 Å². The number of nitrogen functional groups attached to an aromatic ring is 1. The Morgan fingerprint density at radius 1 is 0.987 bits per heavy atom. The molecule has 3 aromatic carbocycles. The number of aliphatic hydroxyl groups excluding tert-OH is 1. The highest BCUT2D eigenvalue weighted by atomic mass is 31.3. The molecule has 2 aromatic heterocycles. The molecule has 6 aliphatic rings. The van der Waals surface area contributed by atoms with E-state index in [1.807, 2.05) is 18.2 Å². The van der Waals surface area contributed by atoms with Gasteiger partial charge in [-0.1, -0.05) is 30.0 Å². The largest absolute Gasteiger partial charge is 0.756 e. The number of aromatic nitrogens is 3. The molecule has 412 valence electrons. The van der Waals surface area contributed by atoms with E-state index in [0.717, 1.165) is 111 Å². The number of nitrogens with zero attached hydrogens (tertiary/aromatic N) is 5. The number of ether oxygens (including phenoxy) is 2. The summed E-state index contributed by atoms with van der Waals surface area (Å²) in [7, 11) is -15.5. The zero-order chi connectivity index (χ0) is 54.8. The molecule has 0 radical (unpaired) electrons. The summed E-state index contributed by atoms with van der Waals surface area (Å²) in [4.78, 5) is 90.6. The summed E-state index contributed by atoms with van der Waals surface area (Å²) >= 11 is 0. The maximum absolute atomic E-state index is 14.7. The van der Waals surface area contributed by atoms with Crippen LogP contribution in [0.5, 0.6) is 11.5 Å². The number of amides is 2. The van der Waals surface area contributed by atoms with Gasteiger partial charge in [0.25, 0.3) is 19.3 Å². The fourth-order valence-electron chi connectivity index (χ4n) is 11.8. The van der Waals surface area contributed by atoms with Crippen molar-refractivity contribution in [2.24, 2.45) is 0 Å². The van der Waals surface area contributed by atoms with Crippen LogP contribution in [-0.2, 0) is 62.1 Å². The smallest absolute Gasteiger partial charge is 0.487 e. The van der Waals surface area contributed by atoms with E-state index in [-0.39, 0.29) is 60.3 Å². The number of hydrogen-bond acceptors (Lipinski definition) is 16. The van der Waals surface area contributed by atoms with Crippen LogP contribution in [0.2, 0.25) is 0 Å². The van der Waals surface area contributed by atoms with Crippen molar-refractivity contribution in [3.63, 3.8) is 0 Å². The average Bonchev–Trinajstić information content (AvgIpc) is 3.97. The first-order valence-corrected chi connectivity index (χ1v) is 30.2. The molecule has 0 spiro atoms. The predicted molar refractivity (Wildman–Crippen MR) is 280 cm³/mol. The lowest BCUT2D eigenvalue weighted by Crippen LogP contribution is -2.45. The topological polar surface area (TPSA) is 334 Å². The van der Waals surface area contributed by atoms with E-state index in [1.165, 1.54) is 44.1 Å². The van der Waals surface area contributed by atoms with Crippen molar-refractivity contribution >= 4 is 63.5 Å². The number of phosphoric ester groups is 1. The summed E-state index contributed by atoms with van der Waals surface area (Å²) in [6.07, 6.45) is 5.82. The summed E-state index contributed by atoms with van der Waals surface area (Å²) < 4.78 is 63.7. The second-order valence-electron chi connectivity index (χ2n) is 20.2. The Morgan fingerprint density at radius 3 is 2.53 bits per heavy atom. The zero-order valence-corrected chi connectivity index (χ0v) is 45.0. The molecular formula is C51H57N8O16P3. The molecule has 8 N–H and O–H groups in total. The summed E-state index contributed by atoms with van der Waals surface area (Å²) in [6, 6.07) is 12.5. The number of hydrogen-bond donors (Lipinski definition) is 7. The van der Waals surface area contributed by atoms with Gasteiger partial charge in [-0.15, -0.1) is 0 Å². The van der Waals surface area contributed by atoms with Crippen molar-refractivity contribution in [1.82, 2.24) is 29.3 Å². The van der Waals surface area contributed by atoms with E-state index in [9.17, 15) is 47.9 Å². The molecule has 8 heterocycles. The van der Waals surface area contributed by atoms with Gasteiger partial charge < -0.3 is 59.6 Å². The van der Waals surface area contributed by atoms with Crippen molar-refractivity contribution < 1.29 is 70.6 Å². The van der Waals surface area contributed by atoms with E-state index in [2.05, 4.69) is 67.9 Å². The van der Waals surface area contributed by atoms with E-state index < -0.39 is 54.1 Å². The minimum absolute atomic E-state index is 0.00898. The lowest BCUT2D eigenvalue weighted by atomic mass is 9.81. The van der Waals surface area contributed by atoms with Crippen molar-refractivity contribution in [2.45, 2.75) is 89.1 Å². The van der Waals surface area contributed by atoms with Crippen LogP contribution in [0.3, 0.4) is 0 Å². The number of fused-ring (bicyclic) bond motifs is 5. The van der Waals surface area contributed by atoms with Gasteiger partial charge in [0.2, 0.25) is 17.2 Å². The fraction of sp³-hybridized carbons (Fsp3) is 0.431. The number of anilines is 2. The number of nitrogens with one attached hydrogen (secondary N) is 2. The second kappa shape index (κ2) is 21.2. The molecule has 6 aliphatic heterocycles. The lowest BCUT2D eigenvalue weighted by molar-refractivity contribution is -0.212. The number of H-pyrrole nitrogens is 1. The highest BCUT2D eigenvalue weighted by Gasteiger charge is 2.42. The molecule has 0 saturated carbocycles. The standard InChI is InChI=1S/C51H57N8O16P3/c1-56(19-9-17-40(61)53-18-4-10-31-27-59(48-42(31)49(62)55-51(52)54-48)41-26-38(60)39(72-41)28-71-77(67,68)75-78(69,70)74-76(64,65)66)50(63)33-14-3-2-13-32(33)43-36-24-29-11-5-20-57-22-7-15-34(44(29)57)46(36)73-47-35-16-8-23-58-21-6-12-30(45(35)58)25-37(43)47/h2-3,13-14,24-25,27,38-39,41,60H,5-9,11-12,15-23,26,28H2,1H3,(H7-,52,53,54,55,61,62,64,65,66,67,68,69,70)/t38-,39+,41+/m0/s1. The molecule has 5 aromatic rings. The Kier molecular flexibility index (Phi) is 14.7. The van der Waals surface area contributed by atoms with Gasteiger partial charge in [0.1, 0.15) is 36.9 Å². The number of carbonyl (C=O) groups is 2. The summed E-state index contributed by atoms with van der Waals surface area (Å²) in [5, 5.41) is 15.8. The van der Waals surface area contributed by atoms with Gasteiger partial charge in [0.05, 0.1) is 35.8 Å². The predicted octanol–water partition coefficient (Wildman–Crippen LogP) is 2.12. The maximum Gasteiger partial charge on any atom is 0.487 e. The van der Waals surface area contributed by atoms with Crippen LogP contribution in [0.4, 0.5) is 11.6 Å². The normalized spacial score (nSPS) is 21.4. The third-order valence-corrected chi connectivity index (χ3v) is 18.8. The van der Waals surface area contributed by atoms with E-state index in [4.69, 9.17) is 20.1 Å². The van der Waals surface area contributed by atoms with Gasteiger partial charge >= 0.3 is 15.6 Å². The molecule has 3 unspecified atom stereocenters. The highest BCUT2D eigenvalue weighted by Crippen LogP contribution is 2.65. The third kappa shape index (κ3) is 10.8. The number of rotatable bonds is 15. The number of nitrogens with two attached hydrogens (primary N) is 1. The van der Waals surface area contributed by atoms with Gasteiger partial charge in [0.15, 0.2) is 5.65 Å². The van der Waals surface area contributed by atoms with Crippen molar-refractivity contribution in [1.29, 1.82) is 0 Å². The summed E-state index contributed by atoms with van der Waals surface area (Å²) in [5.41, 5.74) is 15.3. The minimum Gasteiger partial charge on any atom is -0.756 e. The second-order valence-corrected chi connectivity index (χ2v) is 24.6. The van der Waals surface area contributed by atoms with Crippen molar-refractivity contribution in [3.8, 4) is 23.3 Å². The van der Waals surface area contributed by atoms with E-state index in [0.29, 0.717) is 12.0 Å². The van der Waals surface area contributed by atoms with Crippen LogP contribution in [-0.4, -0.2) is 116 Å². The first-order valence-electron chi connectivity index (χ1n) is 25.8. The monoisotopic (exact) mass is 1130 g/mol. The third-order valence-electron chi connectivity index (χ3n) is 15.0. The fourth-order valence-corrected chi connectivity index (χ4v) is 14.8. The molecule has 27 heteroatoms. The number of carbonyl (C=O) groups excluding carboxylic acids is 2. The molecule has 78 heavy (non-hydrogen) atoms. The van der Waals surface area contributed by atoms with Gasteiger partial charge in [-0.25, -0.2) is 18.0 Å². The van der Waals surface area contributed by atoms with Crippen LogP contribution in [0.25, 0.3) is 16.6 Å². The molecule has 11 rings (SSSR count). The Balaban J connectivity index is 0.769. The zero-order valence-electron chi connectivity index (χ0n) is 42.3. The first kappa shape index (κ1) is 54.0. The van der Waals surface area contributed by atoms with Crippen LogP contribution in [0, 0.1) is 11.8 Å². The Hall–Kier alpha value is -6.02. The lowest BCUT2D eigenvalue weighted by Gasteiger charge is -2.39. The van der Waals surface area contributed by atoms with E-state index >= 15 is 0 Å². The number of aromatic amines is 1. The molecule has 2 amide bonds. The SMILES string of the molecule is CN(CCCC(=O)NCC#Cc1cn([C@H]2C[C@H](O)[C@@H](COP(=O)(O)OP(=O)(O)OP(=O)([O-])O)O2)c2nc(N)[nH]c(=O)c12)C(=O)c1ccccc1C1=c2cc3c4c(c2Oc2c1cc1c5c2CCCN5CCC1)CCC[N+]=4CCC3. The maximum atomic E-state index is 14.7. The molecule has 1 saturated heterocycles. The number of benzene rings is 3. The molecule has 1 fully saturated rings. The Labute approximate surface area is 445 Å². The van der Waals surface area contributed by atoms with Gasteiger partial charge in [-0.2, -0.15) is 9.29 Å². The molecular weight excluding hydrogens is 1070 g/mol. The van der Waals surface area contributed by atoms with Crippen molar-refractivity contribution in [3.05, 3.63) is 108 Å².